The van der Waals surface area contributed by atoms with Crippen LogP contribution in [0.15, 0.2) is 0 Å². The van der Waals surface area contributed by atoms with E-state index in [-0.39, 0.29) is 0 Å². The van der Waals surface area contributed by atoms with Crippen molar-refractivity contribution in [3.63, 3.8) is 0 Å². The molecule has 0 aliphatic carbocycles. The second-order valence-electron chi connectivity index (χ2n) is 1.32. The lowest BCUT2D eigenvalue weighted by molar-refractivity contribution is -0.148. The van der Waals surface area contributed by atoms with Gasteiger partial charge in [0.1, 0.15) is 0 Å². The molecule has 0 heterocycles. The zero-order valence-electron chi connectivity index (χ0n) is 5.03. The van der Waals surface area contributed by atoms with Gasteiger partial charge in [0.2, 0.25) is 5.91 Å². The predicted molar refractivity (Wildman–Crippen MR) is 29.8 cm³/mol. The molecule has 0 N–H and O–H groups in total. The van der Waals surface area contributed by atoms with Gasteiger partial charge in [0.15, 0.2) is 0 Å². The summed E-state index contributed by atoms with van der Waals surface area (Å²) in [6.07, 6.45) is 0. The van der Waals surface area contributed by atoms with Crippen molar-refractivity contribution in [3.8, 4) is 0 Å². The maximum absolute atomic E-state index is 10.2. The third-order valence-electron chi connectivity index (χ3n) is 0.633. The van der Waals surface area contributed by atoms with E-state index in [4.69, 9.17) is 0 Å². The first-order valence-corrected chi connectivity index (χ1v) is 3.20. The van der Waals surface area contributed by atoms with Gasteiger partial charge in [-0.3, -0.25) is 4.79 Å². The minimum absolute atomic E-state index is 0.464. The van der Waals surface area contributed by atoms with Crippen molar-refractivity contribution in [1.82, 2.24) is 5.06 Å². The van der Waals surface area contributed by atoms with Gasteiger partial charge in [-0.25, -0.2) is 13.5 Å². The zero-order valence-corrected chi connectivity index (χ0v) is 5.92. The van der Waals surface area contributed by atoms with Gasteiger partial charge in [0, 0.05) is 14.0 Å². The average Bonchev–Trinajstić information content (AvgIpc) is 1.63. The second-order valence-corrected chi connectivity index (χ2v) is 1.93. The van der Waals surface area contributed by atoms with Gasteiger partial charge >= 0.3 is 0 Å². The van der Waals surface area contributed by atoms with Crippen molar-refractivity contribution < 1.29 is 17.5 Å². The lowest BCUT2D eigenvalue weighted by Gasteiger charge is -2.06. The number of carbonyl (C=O) groups excluding carboxylic acids is 1. The number of hydrogen-bond acceptors (Lipinski definition) is 4. The Kier molecular flexibility index (Phi) is 3.18. The Labute approximate surface area is 54.3 Å². The van der Waals surface area contributed by atoms with Crippen molar-refractivity contribution in [1.29, 1.82) is 0 Å². The molecule has 1 amide bonds. The van der Waals surface area contributed by atoms with Crippen LogP contribution in [-0.4, -0.2) is 26.4 Å². The molecular weight excluding hydrogens is 146 g/mol. The Bertz CT molecular complexity index is 167. The highest BCUT2D eigenvalue weighted by molar-refractivity contribution is 7.67. The molecule has 0 aliphatic heterocycles. The fraction of sp³-hybridized carbons (Fsp3) is 0.667. The van der Waals surface area contributed by atoms with Gasteiger partial charge in [-0.15, -0.1) is 4.28 Å². The largest absolute Gasteiger partial charge is 0.278 e. The van der Waals surface area contributed by atoms with Gasteiger partial charge in [-0.2, -0.15) is 0 Å². The first-order valence-electron chi connectivity index (χ1n) is 2.11. The van der Waals surface area contributed by atoms with Crippen molar-refractivity contribution in [2.75, 3.05) is 7.05 Å². The molecule has 54 valence electrons. The van der Waals surface area contributed by atoms with E-state index in [1.54, 1.807) is 0 Å². The summed E-state index contributed by atoms with van der Waals surface area (Å²) in [6.45, 7) is 1.19. The van der Waals surface area contributed by atoms with Crippen molar-refractivity contribution >= 4 is 16.9 Å². The Morgan fingerprint density at radius 3 is 2.11 bits per heavy atom. The summed E-state index contributed by atoms with van der Waals surface area (Å²) in [6, 6.07) is 0. The van der Waals surface area contributed by atoms with Crippen LogP contribution in [0, 0.1) is 0 Å². The standard InChI is InChI=1S/C3H7NO4S/c1-3(5)4(2)8-9(6)7/h9H,1-2H3. The fourth-order valence-electron chi connectivity index (χ4n) is 0.157. The molecule has 0 atom stereocenters. The van der Waals surface area contributed by atoms with Crippen LogP contribution in [0.4, 0.5) is 0 Å². The van der Waals surface area contributed by atoms with Crippen molar-refractivity contribution in [2.45, 2.75) is 6.92 Å². The predicted octanol–water partition coefficient (Wildman–Crippen LogP) is -1.08. The van der Waals surface area contributed by atoms with Gasteiger partial charge in [-0.05, 0) is 0 Å². The van der Waals surface area contributed by atoms with Crippen LogP contribution < -0.4 is 0 Å². The molecule has 0 aromatic heterocycles. The summed E-state index contributed by atoms with van der Waals surface area (Å²) in [5.41, 5.74) is 0. The highest BCUT2D eigenvalue weighted by Crippen LogP contribution is 1.83. The highest BCUT2D eigenvalue weighted by Gasteiger charge is 2.01. The second kappa shape index (κ2) is 3.41. The van der Waals surface area contributed by atoms with E-state index in [1.807, 2.05) is 0 Å². The summed E-state index contributed by atoms with van der Waals surface area (Å²) < 4.78 is 23.4. The third kappa shape index (κ3) is 3.92. The van der Waals surface area contributed by atoms with Crippen LogP contribution in [0.3, 0.4) is 0 Å². The summed E-state index contributed by atoms with van der Waals surface area (Å²) >= 11 is 0. The zero-order chi connectivity index (χ0) is 7.44. The van der Waals surface area contributed by atoms with Gasteiger partial charge in [-0.1, -0.05) is 0 Å². The van der Waals surface area contributed by atoms with Crippen LogP contribution in [0.5, 0.6) is 0 Å². The monoisotopic (exact) mass is 153 g/mol. The van der Waals surface area contributed by atoms with Crippen molar-refractivity contribution in [2.24, 2.45) is 0 Å². The van der Waals surface area contributed by atoms with Crippen LogP contribution in [0.2, 0.25) is 0 Å². The number of rotatable bonds is 2. The number of carbonyl (C=O) groups is 1. The third-order valence-corrected chi connectivity index (χ3v) is 1.01. The minimum atomic E-state index is -2.97. The molecule has 0 saturated heterocycles. The number of thiol groups is 1. The van der Waals surface area contributed by atoms with E-state index in [2.05, 4.69) is 4.28 Å². The van der Waals surface area contributed by atoms with Gasteiger partial charge < -0.3 is 0 Å². The molecule has 5 nitrogen and oxygen atoms in total. The van der Waals surface area contributed by atoms with Gasteiger partial charge in [0.05, 0.1) is 0 Å². The van der Waals surface area contributed by atoms with Gasteiger partial charge in [0.25, 0.3) is 11.0 Å². The van der Waals surface area contributed by atoms with Crippen LogP contribution in [0.25, 0.3) is 0 Å². The highest BCUT2D eigenvalue weighted by atomic mass is 32.2. The minimum Gasteiger partial charge on any atom is -0.273 e. The molecule has 0 fully saturated rings. The lowest BCUT2D eigenvalue weighted by atomic mass is 10.7. The van der Waals surface area contributed by atoms with E-state index in [0.717, 1.165) is 0 Å². The van der Waals surface area contributed by atoms with Crippen LogP contribution in [0.1, 0.15) is 6.92 Å². The summed E-state index contributed by atoms with van der Waals surface area (Å²) in [5, 5.41) is 0.631. The van der Waals surface area contributed by atoms with E-state index < -0.39 is 16.9 Å². The van der Waals surface area contributed by atoms with E-state index in [1.165, 1.54) is 14.0 Å². The smallest absolute Gasteiger partial charge is 0.273 e. The quantitative estimate of drug-likeness (QED) is 0.405. The number of amides is 1. The Balaban J connectivity index is 3.77. The molecule has 0 bridgehead atoms. The molecule has 0 unspecified atom stereocenters. The molecule has 9 heavy (non-hydrogen) atoms. The fourth-order valence-corrected chi connectivity index (χ4v) is 0.472. The van der Waals surface area contributed by atoms with Crippen LogP contribution in [-0.2, 0) is 20.1 Å². The molecular formula is C3H7NO4S. The summed E-state index contributed by atoms with van der Waals surface area (Å²) in [7, 11) is -1.75. The molecule has 0 aromatic carbocycles. The number of hydroxylamine groups is 2. The average molecular weight is 153 g/mol. The maximum Gasteiger partial charge on any atom is 0.278 e. The number of hydrogen-bond donors (Lipinski definition) is 1. The summed E-state index contributed by atoms with van der Waals surface area (Å²) in [5.74, 6) is -0.464. The topological polar surface area (TPSA) is 63.7 Å². The first kappa shape index (κ1) is 8.38. The molecule has 0 radical (unpaired) electrons. The lowest BCUT2D eigenvalue weighted by Crippen LogP contribution is -2.23. The Hall–Kier alpha value is -0.620. The van der Waals surface area contributed by atoms with Crippen molar-refractivity contribution in [3.05, 3.63) is 0 Å². The maximum atomic E-state index is 10.2. The SMILES string of the molecule is CC(=O)N(C)O[SH](=O)=O. The molecule has 0 spiro atoms. The molecule has 0 rings (SSSR count). The molecule has 0 aromatic rings. The summed E-state index contributed by atoms with van der Waals surface area (Å²) in [4.78, 5) is 10.2. The Morgan fingerprint density at radius 1 is 1.56 bits per heavy atom. The molecule has 6 heteroatoms. The van der Waals surface area contributed by atoms with E-state index in [9.17, 15) is 13.2 Å². The van der Waals surface area contributed by atoms with E-state index in [0.29, 0.717) is 5.06 Å². The molecule has 0 saturated carbocycles. The Morgan fingerprint density at radius 2 is 2.00 bits per heavy atom. The van der Waals surface area contributed by atoms with Crippen LogP contribution >= 0.6 is 0 Å². The first-order chi connectivity index (χ1) is 4.04. The number of nitrogens with zero attached hydrogens (tertiary/aromatic N) is 1. The molecule has 0 aliphatic rings. The normalized spacial score (nSPS) is 9.67. The van der Waals surface area contributed by atoms with E-state index >= 15 is 0 Å².